The number of nitrogens with zero attached hydrogens (tertiary/aromatic N) is 4. The number of rotatable bonds is 10. The van der Waals surface area contributed by atoms with Gasteiger partial charge in [-0.2, -0.15) is 0 Å². The van der Waals surface area contributed by atoms with E-state index in [1.165, 1.54) is 25.0 Å². The Balaban J connectivity index is 0.00000187. The largest absolute Gasteiger partial charge is 0.489 e. The van der Waals surface area contributed by atoms with E-state index in [4.69, 9.17) is 9.26 Å². The Hall–Kier alpha value is -2.42. The number of hydrogen-bond donors (Lipinski definition) is 0. The fourth-order valence-electron chi connectivity index (χ4n) is 5.14. The van der Waals surface area contributed by atoms with Crippen LogP contribution in [-0.4, -0.2) is 47.1 Å². The van der Waals surface area contributed by atoms with Crippen LogP contribution in [0.1, 0.15) is 41.8 Å². The Kier molecular flexibility index (Phi) is 13.6. The Bertz CT molecular complexity index is 1300. The summed E-state index contributed by atoms with van der Waals surface area (Å²) in [4.78, 5) is 9.10. The van der Waals surface area contributed by atoms with E-state index in [1.807, 2.05) is 26.4 Å². The van der Waals surface area contributed by atoms with E-state index in [0.29, 0.717) is 18.3 Å². The molecule has 4 aromatic rings. The average molecular weight is 612 g/mol. The van der Waals surface area contributed by atoms with E-state index >= 15 is 0 Å². The summed E-state index contributed by atoms with van der Waals surface area (Å²) < 4.78 is 25.1. The van der Waals surface area contributed by atoms with Gasteiger partial charge in [-0.15, -0.1) is 37.2 Å². The van der Waals surface area contributed by atoms with Crippen molar-refractivity contribution in [2.45, 2.75) is 45.4 Å². The van der Waals surface area contributed by atoms with Crippen LogP contribution in [0, 0.1) is 11.7 Å². The van der Waals surface area contributed by atoms with Crippen LogP contribution in [0.2, 0.25) is 0 Å². The first-order valence-corrected chi connectivity index (χ1v) is 13.1. The van der Waals surface area contributed by atoms with Crippen molar-refractivity contribution in [1.82, 2.24) is 19.9 Å². The molecule has 40 heavy (non-hydrogen) atoms. The zero-order valence-corrected chi connectivity index (χ0v) is 25.4. The minimum atomic E-state index is -0.272. The molecule has 0 radical (unpaired) electrons. The van der Waals surface area contributed by atoms with Gasteiger partial charge in [0.25, 0.3) is 0 Å². The monoisotopic (exact) mass is 610 g/mol. The molecule has 0 spiro atoms. The molecule has 6 nitrogen and oxygen atoms in total. The minimum absolute atomic E-state index is 0. The van der Waals surface area contributed by atoms with Gasteiger partial charge < -0.3 is 14.2 Å². The summed E-state index contributed by atoms with van der Waals surface area (Å²) >= 11 is 0. The SMILES string of the molecule is CN(C)Cc1c(COc2ccc(F)cc2)ccc2c(CCC3CCN(Cc4ccccn4)CC3)noc12.Cl.Cl.Cl. The van der Waals surface area contributed by atoms with Crippen LogP contribution in [0.4, 0.5) is 4.39 Å². The van der Waals surface area contributed by atoms with Crippen LogP contribution in [0.25, 0.3) is 11.0 Å². The summed E-state index contributed by atoms with van der Waals surface area (Å²) in [5.74, 6) is 1.07. The van der Waals surface area contributed by atoms with E-state index < -0.39 is 0 Å². The van der Waals surface area contributed by atoms with Crippen LogP contribution in [0.5, 0.6) is 5.75 Å². The summed E-state index contributed by atoms with van der Waals surface area (Å²) in [6.07, 6.45) is 6.33. The van der Waals surface area contributed by atoms with Gasteiger partial charge in [0, 0.05) is 30.2 Å². The Morgan fingerprint density at radius 2 is 1.75 bits per heavy atom. The normalized spacial score (nSPS) is 13.9. The lowest BCUT2D eigenvalue weighted by Gasteiger charge is -2.31. The van der Waals surface area contributed by atoms with Gasteiger partial charge in [0.1, 0.15) is 18.2 Å². The molecular formula is C30H38Cl3FN4O2. The Labute approximate surface area is 254 Å². The fourth-order valence-corrected chi connectivity index (χ4v) is 5.14. The molecule has 0 unspecified atom stereocenters. The maximum Gasteiger partial charge on any atom is 0.172 e. The first-order valence-electron chi connectivity index (χ1n) is 13.1. The zero-order valence-electron chi connectivity index (χ0n) is 22.9. The molecule has 1 saturated heterocycles. The molecule has 0 amide bonds. The maximum atomic E-state index is 13.2. The number of ether oxygens (including phenoxy) is 1. The van der Waals surface area contributed by atoms with Crippen LogP contribution in [-0.2, 0) is 26.1 Å². The average Bonchev–Trinajstić information content (AvgIpc) is 3.32. The third-order valence-corrected chi connectivity index (χ3v) is 7.21. The predicted molar refractivity (Wildman–Crippen MR) is 164 cm³/mol. The van der Waals surface area contributed by atoms with Gasteiger partial charge in [0.15, 0.2) is 5.58 Å². The highest BCUT2D eigenvalue weighted by atomic mass is 35.5. The summed E-state index contributed by atoms with van der Waals surface area (Å²) in [7, 11) is 4.09. The number of pyridine rings is 1. The van der Waals surface area contributed by atoms with Crippen molar-refractivity contribution in [2.24, 2.45) is 5.92 Å². The number of aryl methyl sites for hydroxylation is 1. The van der Waals surface area contributed by atoms with Crippen molar-refractivity contribution >= 4 is 48.2 Å². The molecule has 1 fully saturated rings. The lowest BCUT2D eigenvalue weighted by atomic mass is 9.91. The van der Waals surface area contributed by atoms with Crippen molar-refractivity contribution in [2.75, 3.05) is 27.2 Å². The lowest BCUT2D eigenvalue weighted by Crippen LogP contribution is -2.33. The molecule has 10 heteroatoms. The van der Waals surface area contributed by atoms with Gasteiger partial charge in [-0.25, -0.2) is 4.39 Å². The molecule has 0 saturated carbocycles. The molecule has 2 aromatic carbocycles. The minimum Gasteiger partial charge on any atom is -0.489 e. The van der Waals surface area contributed by atoms with Gasteiger partial charge in [-0.3, -0.25) is 9.88 Å². The molecule has 2 aromatic heterocycles. The molecule has 0 bridgehead atoms. The van der Waals surface area contributed by atoms with E-state index in [0.717, 1.165) is 72.5 Å². The van der Waals surface area contributed by atoms with Crippen LogP contribution in [0.15, 0.2) is 65.3 Å². The second-order valence-electron chi connectivity index (χ2n) is 10.3. The summed E-state index contributed by atoms with van der Waals surface area (Å²) in [6.45, 7) is 4.28. The first-order chi connectivity index (χ1) is 18.0. The van der Waals surface area contributed by atoms with Gasteiger partial charge in [0.05, 0.1) is 11.4 Å². The first kappa shape index (κ1) is 33.8. The zero-order chi connectivity index (χ0) is 25.6. The van der Waals surface area contributed by atoms with Gasteiger partial charge in [0.2, 0.25) is 0 Å². The van der Waals surface area contributed by atoms with Crippen LogP contribution >= 0.6 is 37.2 Å². The highest BCUT2D eigenvalue weighted by Gasteiger charge is 2.22. The molecular weight excluding hydrogens is 574 g/mol. The van der Waals surface area contributed by atoms with E-state index in [9.17, 15) is 4.39 Å². The van der Waals surface area contributed by atoms with Crippen molar-refractivity contribution < 1.29 is 13.7 Å². The molecule has 0 N–H and O–H groups in total. The fraction of sp³-hybridized carbons (Fsp3) is 0.400. The van der Waals surface area contributed by atoms with Crippen molar-refractivity contribution in [1.29, 1.82) is 0 Å². The number of hydrogen-bond acceptors (Lipinski definition) is 6. The molecule has 0 aliphatic carbocycles. The van der Waals surface area contributed by atoms with Crippen molar-refractivity contribution in [3.8, 4) is 5.75 Å². The smallest absolute Gasteiger partial charge is 0.172 e. The van der Waals surface area contributed by atoms with Gasteiger partial charge in [-0.05, 0) is 107 Å². The number of likely N-dealkylation sites (tertiary alicyclic amines) is 1. The Morgan fingerprint density at radius 3 is 2.42 bits per heavy atom. The number of halogens is 4. The highest BCUT2D eigenvalue weighted by molar-refractivity contribution is 5.86. The van der Waals surface area contributed by atoms with E-state index in [-0.39, 0.29) is 43.0 Å². The molecule has 1 aliphatic heterocycles. The molecule has 3 heterocycles. The van der Waals surface area contributed by atoms with E-state index in [2.05, 4.69) is 44.2 Å². The van der Waals surface area contributed by atoms with Gasteiger partial charge >= 0.3 is 0 Å². The van der Waals surface area contributed by atoms with Crippen molar-refractivity contribution in [3.05, 3.63) is 89.1 Å². The summed E-state index contributed by atoms with van der Waals surface area (Å²) in [5.41, 5.74) is 5.16. The quantitative estimate of drug-likeness (QED) is 0.190. The van der Waals surface area contributed by atoms with Crippen molar-refractivity contribution in [3.63, 3.8) is 0 Å². The van der Waals surface area contributed by atoms with E-state index in [1.54, 1.807) is 12.1 Å². The topological polar surface area (TPSA) is 54.6 Å². The Morgan fingerprint density at radius 1 is 1.00 bits per heavy atom. The summed E-state index contributed by atoms with van der Waals surface area (Å²) in [6, 6.07) is 16.5. The van der Waals surface area contributed by atoms with Gasteiger partial charge in [-0.1, -0.05) is 17.3 Å². The summed E-state index contributed by atoms with van der Waals surface area (Å²) in [5, 5.41) is 5.59. The third-order valence-electron chi connectivity index (χ3n) is 7.21. The van der Waals surface area contributed by atoms with Crippen LogP contribution < -0.4 is 4.74 Å². The number of benzene rings is 2. The third kappa shape index (κ3) is 8.79. The number of piperidine rings is 1. The highest BCUT2D eigenvalue weighted by Crippen LogP contribution is 2.30. The number of aromatic nitrogens is 2. The predicted octanol–water partition coefficient (Wildman–Crippen LogP) is 7.11. The second-order valence-corrected chi connectivity index (χ2v) is 10.3. The van der Waals surface area contributed by atoms with Crippen LogP contribution in [0.3, 0.4) is 0 Å². The molecule has 0 atom stereocenters. The maximum absolute atomic E-state index is 13.2. The second kappa shape index (κ2) is 16.1. The standard InChI is InChI=1S/C30H35FN4O2.3ClH/c1-34(2)20-28-23(21-36-26-10-8-24(31)9-11-26)7-12-27-29(33-37-30(27)28)13-6-22-14-17-35(18-15-22)19-25-5-3-4-16-32-25;;;/h3-5,7-12,16,22H,6,13-15,17-21H2,1-2H3;3*1H. The number of fused-ring (bicyclic) bond motifs is 1. The molecule has 5 rings (SSSR count). The lowest BCUT2D eigenvalue weighted by molar-refractivity contribution is 0.170. The molecule has 1 aliphatic rings. The molecule has 218 valence electrons.